The molecule has 5 nitrogen and oxygen atoms in total. The van der Waals surface area contributed by atoms with Crippen LogP contribution >= 0.6 is 0 Å². The second-order valence-corrected chi connectivity index (χ2v) is 6.06. The van der Waals surface area contributed by atoms with Gasteiger partial charge >= 0.3 is 6.03 Å². The fraction of sp³-hybridized carbons (Fsp3) is 0.529. The third-order valence-corrected chi connectivity index (χ3v) is 4.71. The number of carbonyl (C=O) groups excluding carboxylic acids is 2. The van der Waals surface area contributed by atoms with Gasteiger partial charge in [0.15, 0.2) is 0 Å². The molecule has 0 spiro atoms. The molecule has 2 aliphatic heterocycles. The molecule has 3 amide bonds. The van der Waals surface area contributed by atoms with Crippen molar-refractivity contribution < 1.29 is 9.59 Å². The van der Waals surface area contributed by atoms with Crippen LogP contribution in [0.4, 0.5) is 4.79 Å². The number of carbonyl (C=O) groups is 2. The Bertz CT molecular complexity index is 567. The number of rotatable bonds is 2. The zero-order valence-corrected chi connectivity index (χ0v) is 13.0. The number of amides is 3. The molecule has 0 aliphatic carbocycles. The molecule has 1 aromatic carbocycles. The summed E-state index contributed by atoms with van der Waals surface area (Å²) in [6.07, 6.45) is 3.01. The molecule has 2 aliphatic rings. The van der Waals surface area contributed by atoms with Gasteiger partial charge in [-0.3, -0.25) is 4.79 Å². The van der Waals surface area contributed by atoms with Gasteiger partial charge in [0, 0.05) is 19.6 Å². The molecule has 1 unspecified atom stereocenters. The number of hydrogen-bond acceptors (Lipinski definition) is 2. The van der Waals surface area contributed by atoms with Gasteiger partial charge in [0.2, 0.25) is 5.91 Å². The zero-order valence-electron chi connectivity index (χ0n) is 13.0. The van der Waals surface area contributed by atoms with Crippen molar-refractivity contribution in [2.45, 2.75) is 32.2 Å². The first-order valence-corrected chi connectivity index (χ1v) is 8.07. The molecule has 0 saturated carbocycles. The molecule has 1 atom stereocenters. The van der Waals surface area contributed by atoms with Gasteiger partial charge in [0.05, 0.1) is 12.6 Å². The molecule has 118 valence electrons. The predicted molar refractivity (Wildman–Crippen MR) is 84.5 cm³/mol. The van der Waals surface area contributed by atoms with Gasteiger partial charge in [-0.2, -0.15) is 0 Å². The van der Waals surface area contributed by atoms with E-state index in [-0.39, 0.29) is 24.5 Å². The maximum Gasteiger partial charge on any atom is 0.318 e. The van der Waals surface area contributed by atoms with Gasteiger partial charge < -0.3 is 15.1 Å². The summed E-state index contributed by atoms with van der Waals surface area (Å²) in [7, 11) is 0. The highest BCUT2D eigenvalue weighted by atomic mass is 16.2. The third kappa shape index (κ3) is 2.93. The van der Waals surface area contributed by atoms with E-state index in [2.05, 4.69) is 17.4 Å². The normalized spacial score (nSPS) is 20.7. The third-order valence-electron chi connectivity index (χ3n) is 4.71. The Balaban J connectivity index is 1.58. The van der Waals surface area contributed by atoms with E-state index in [1.54, 1.807) is 0 Å². The standard InChI is InChI=1S/C17H23N3O2/c1-13-15-7-3-2-6-14(15)8-11-20(13)17(22)18-12-16(21)19-9-4-5-10-19/h2-3,6-7,13H,4-5,8-12H2,1H3,(H,18,22). The molecule has 2 heterocycles. The topological polar surface area (TPSA) is 52.7 Å². The number of fused-ring (bicyclic) bond motifs is 1. The maximum atomic E-state index is 12.4. The van der Waals surface area contributed by atoms with E-state index < -0.39 is 0 Å². The van der Waals surface area contributed by atoms with Gasteiger partial charge in [-0.15, -0.1) is 0 Å². The lowest BCUT2D eigenvalue weighted by atomic mass is 9.94. The Morgan fingerprint density at radius 3 is 2.68 bits per heavy atom. The Kier molecular flexibility index (Phi) is 4.32. The van der Waals surface area contributed by atoms with Gasteiger partial charge in [0.1, 0.15) is 0 Å². The Morgan fingerprint density at radius 1 is 1.18 bits per heavy atom. The minimum Gasteiger partial charge on any atom is -0.341 e. The van der Waals surface area contributed by atoms with E-state index in [0.29, 0.717) is 6.54 Å². The average Bonchev–Trinajstić information content (AvgIpc) is 3.07. The van der Waals surface area contributed by atoms with Gasteiger partial charge in [-0.05, 0) is 37.3 Å². The smallest absolute Gasteiger partial charge is 0.318 e. The van der Waals surface area contributed by atoms with E-state index in [1.165, 1.54) is 11.1 Å². The molecule has 0 aromatic heterocycles. The molecule has 1 aromatic rings. The van der Waals surface area contributed by atoms with Gasteiger partial charge in [-0.1, -0.05) is 24.3 Å². The fourth-order valence-corrected chi connectivity index (χ4v) is 3.38. The van der Waals surface area contributed by atoms with Crippen molar-refractivity contribution in [2.24, 2.45) is 0 Å². The van der Waals surface area contributed by atoms with E-state index in [1.807, 2.05) is 28.9 Å². The summed E-state index contributed by atoms with van der Waals surface area (Å²) >= 11 is 0. The van der Waals surface area contributed by atoms with Gasteiger partial charge in [-0.25, -0.2) is 4.79 Å². The summed E-state index contributed by atoms with van der Waals surface area (Å²) in [5.41, 5.74) is 2.52. The summed E-state index contributed by atoms with van der Waals surface area (Å²) in [4.78, 5) is 28.0. The summed E-state index contributed by atoms with van der Waals surface area (Å²) in [5.74, 6) is 0.0240. The zero-order chi connectivity index (χ0) is 15.5. The molecule has 1 saturated heterocycles. The van der Waals surface area contributed by atoms with Crippen molar-refractivity contribution in [1.82, 2.24) is 15.1 Å². The Labute approximate surface area is 131 Å². The van der Waals surface area contributed by atoms with E-state index in [4.69, 9.17) is 0 Å². The highest BCUT2D eigenvalue weighted by Gasteiger charge is 2.28. The monoisotopic (exact) mass is 301 g/mol. The number of likely N-dealkylation sites (tertiary alicyclic amines) is 1. The number of benzene rings is 1. The van der Waals surface area contributed by atoms with Crippen LogP contribution in [0.25, 0.3) is 0 Å². The summed E-state index contributed by atoms with van der Waals surface area (Å²) in [5, 5.41) is 2.79. The molecule has 3 rings (SSSR count). The van der Waals surface area contributed by atoms with Crippen LogP contribution in [0.3, 0.4) is 0 Å². The highest BCUT2D eigenvalue weighted by Crippen LogP contribution is 2.28. The Morgan fingerprint density at radius 2 is 1.91 bits per heavy atom. The van der Waals surface area contributed by atoms with E-state index in [9.17, 15) is 9.59 Å². The molecule has 0 radical (unpaired) electrons. The minimum absolute atomic E-state index is 0.0240. The SMILES string of the molecule is CC1c2ccccc2CCN1C(=O)NCC(=O)N1CCCC1. The number of nitrogens with one attached hydrogen (secondary N) is 1. The average molecular weight is 301 g/mol. The van der Waals surface area contributed by atoms with Crippen LogP contribution in [0.1, 0.15) is 36.9 Å². The van der Waals surface area contributed by atoms with Crippen molar-refractivity contribution in [3.63, 3.8) is 0 Å². The van der Waals surface area contributed by atoms with Crippen LogP contribution in [0.2, 0.25) is 0 Å². The lowest BCUT2D eigenvalue weighted by Crippen LogP contribution is -2.47. The lowest BCUT2D eigenvalue weighted by Gasteiger charge is -2.35. The lowest BCUT2D eigenvalue weighted by molar-refractivity contribution is -0.129. The second-order valence-electron chi connectivity index (χ2n) is 6.06. The molecule has 0 bridgehead atoms. The second kappa shape index (κ2) is 6.38. The van der Waals surface area contributed by atoms with E-state index >= 15 is 0 Å². The van der Waals surface area contributed by atoms with Crippen molar-refractivity contribution in [2.75, 3.05) is 26.2 Å². The quantitative estimate of drug-likeness (QED) is 0.907. The van der Waals surface area contributed by atoms with E-state index in [0.717, 1.165) is 32.4 Å². The molecule has 22 heavy (non-hydrogen) atoms. The highest BCUT2D eigenvalue weighted by molar-refractivity contribution is 5.84. The first-order chi connectivity index (χ1) is 10.7. The van der Waals surface area contributed by atoms with Crippen LogP contribution in [-0.2, 0) is 11.2 Å². The summed E-state index contributed by atoms with van der Waals surface area (Å²) < 4.78 is 0. The van der Waals surface area contributed by atoms with Crippen molar-refractivity contribution >= 4 is 11.9 Å². The summed E-state index contributed by atoms with van der Waals surface area (Å²) in [6.45, 7) is 4.48. The maximum absolute atomic E-state index is 12.4. The number of urea groups is 1. The van der Waals surface area contributed by atoms with Crippen LogP contribution in [0.5, 0.6) is 0 Å². The molecule has 5 heteroatoms. The number of hydrogen-bond donors (Lipinski definition) is 1. The first-order valence-electron chi connectivity index (χ1n) is 8.07. The summed E-state index contributed by atoms with van der Waals surface area (Å²) in [6, 6.07) is 8.15. The van der Waals surface area contributed by atoms with Crippen LogP contribution < -0.4 is 5.32 Å². The van der Waals surface area contributed by atoms with Crippen molar-refractivity contribution in [1.29, 1.82) is 0 Å². The van der Waals surface area contributed by atoms with Crippen LogP contribution in [0.15, 0.2) is 24.3 Å². The predicted octanol–water partition coefficient (Wildman–Crippen LogP) is 1.94. The molecule has 1 fully saturated rings. The molecule has 1 N–H and O–H groups in total. The number of nitrogens with zero attached hydrogens (tertiary/aromatic N) is 2. The minimum atomic E-state index is -0.144. The fourth-order valence-electron chi connectivity index (χ4n) is 3.38. The van der Waals surface area contributed by atoms with Crippen molar-refractivity contribution in [3.05, 3.63) is 35.4 Å². The first kappa shape index (κ1) is 14.9. The largest absolute Gasteiger partial charge is 0.341 e. The molecular weight excluding hydrogens is 278 g/mol. The molecular formula is C17H23N3O2. The van der Waals surface area contributed by atoms with Crippen LogP contribution in [0, 0.1) is 0 Å². The van der Waals surface area contributed by atoms with Crippen LogP contribution in [-0.4, -0.2) is 47.9 Å². The van der Waals surface area contributed by atoms with Crippen molar-refractivity contribution in [3.8, 4) is 0 Å². The Hall–Kier alpha value is -2.04. The van der Waals surface area contributed by atoms with Gasteiger partial charge in [0.25, 0.3) is 0 Å².